The third kappa shape index (κ3) is 4.13. The van der Waals surface area contributed by atoms with Crippen LogP contribution in [-0.4, -0.2) is 68.1 Å². The van der Waals surface area contributed by atoms with Crippen LogP contribution in [0.2, 0.25) is 0 Å². The molecule has 3 N–H and O–H groups in total. The molecular formula is C30H35N7O3. The number of carbonyl (C=O) groups excluding carboxylic acids is 2. The van der Waals surface area contributed by atoms with Crippen molar-refractivity contribution in [3.05, 3.63) is 42.1 Å². The average Bonchev–Trinajstić information content (AvgIpc) is 3.31. The van der Waals surface area contributed by atoms with Crippen LogP contribution in [0.5, 0.6) is 5.75 Å². The average molecular weight is 542 g/mol. The Morgan fingerprint density at radius 1 is 1.15 bits per heavy atom. The molecule has 3 atom stereocenters. The third-order valence-electron chi connectivity index (χ3n) is 8.92. The monoisotopic (exact) mass is 541 g/mol. The zero-order valence-corrected chi connectivity index (χ0v) is 23.0. The topological polar surface area (TPSA) is 120 Å². The predicted octanol–water partition coefficient (Wildman–Crippen LogP) is 3.17. The number of nitrogens with two attached hydrogens (primary N) is 1. The van der Waals surface area contributed by atoms with E-state index in [0.29, 0.717) is 48.3 Å². The predicted molar refractivity (Wildman–Crippen MR) is 152 cm³/mol. The van der Waals surface area contributed by atoms with Gasteiger partial charge >= 0.3 is 0 Å². The van der Waals surface area contributed by atoms with E-state index in [0.717, 1.165) is 47.5 Å². The maximum atomic E-state index is 13.7. The highest BCUT2D eigenvalue weighted by Gasteiger charge is 2.47. The largest absolute Gasteiger partial charge is 0.494 e. The Balaban J connectivity index is 1.37. The number of rotatable bonds is 8. The van der Waals surface area contributed by atoms with Gasteiger partial charge in [-0.3, -0.25) is 9.59 Å². The Morgan fingerprint density at radius 2 is 2.00 bits per heavy atom. The molecule has 208 valence electrons. The molecule has 3 aromatic heterocycles. The number of amides is 2. The van der Waals surface area contributed by atoms with E-state index in [1.165, 1.54) is 19.8 Å². The highest BCUT2D eigenvalue weighted by atomic mass is 16.5. The van der Waals surface area contributed by atoms with Crippen LogP contribution in [0.3, 0.4) is 0 Å². The molecule has 10 heteroatoms. The fourth-order valence-corrected chi connectivity index (χ4v) is 6.73. The van der Waals surface area contributed by atoms with Crippen molar-refractivity contribution in [3.63, 3.8) is 0 Å². The van der Waals surface area contributed by atoms with Gasteiger partial charge in [-0.2, -0.15) is 0 Å². The zero-order valence-electron chi connectivity index (χ0n) is 23.0. The number of likely N-dealkylation sites (tertiary alicyclic amines) is 1. The number of fused-ring (bicyclic) bond motifs is 4. The minimum Gasteiger partial charge on any atom is -0.494 e. The summed E-state index contributed by atoms with van der Waals surface area (Å²) in [5.74, 6) is 2.25. The lowest BCUT2D eigenvalue weighted by molar-refractivity contribution is -0.118. The van der Waals surface area contributed by atoms with Crippen LogP contribution in [-0.2, 0) is 17.9 Å². The lowest BCUT2D eigenvalue weighted by atomic mass is 10.1. The summed E-state index contributed by atoms with van der Waals surface area (Å²) in [5.41, 5.74) is 10.4. The second-order valence-electron chi connectivity index (χ2n) is 11.6. The molecular weight excluding hydrogens is 506 g/mol. The summed E-state index contributed by atoms with van der Waals surface area (Å²) < 4.78 is 10.3. The molecule has 40 heavy (non-hydrogen) atoms. The second-order valence-corrected chi connectivity index (χ2v) is 11.6. The molecule has 7 rings (SSSR count). The van der Waals surface area contributed by atoms with Crippen LogP contribution in [0.15, 0.2) is 36.5 Å². The molecule has 3 aliphatic rings. The van der Waals surface area contributed by atoms with Gasteiger partial charge in [0.15, 0.2) is 5.82 Å². The van der Waals surface area contributed by atoms with Gasteiger partial charge in [0.1, 0.15) is 16.9 Å². The molecule has 2 aliphatic carbocycles. The second kappa shape index (κ2) is 9.62. The van der Waals surface area contributed by atoms with Gasteiger partial charge in [0, 0.05) is 62.3 Å². The molecule has 4 heterocycles. The Kier molecular flexibility index (Phi) is 6.03. The number of imidazole rings is 1. The van der Waals surface area contributed by atoms with Crippen molar-refractivity contribution in [2.24, 2.45) is 17.6 Å². The van der Waals surface area contributed by atoms with Crippen molar-refractivity contribution in [1.29, 1.82) is 0 Å². The van der Waals surface area contributed by atoms with Crippen LogP contribution >= 0.6 is 0 Å². The fourth-order valence-electron chi connectivity index (χ4n) is 6.73. The van der Waals surface area contributed by atoms with Crippen molar-refractivity contribution in [1.82, 2.24) is 29.3 Å². The van der Waals surface area contributed by atoms with E-state index in [9.17, 15) is 9.59 Å². The normalized spacial score (nSPS) is 22.0. The van der Waals surface area contributed by atoms with Crippen LogP contribution < -0.4 is 15.8 Å². The summed E-state index contributed by atoms with van der Waals surface area (Å²) in [6, 6.07) is 10.0. The van der Waals surface area contributed by atoms with Crippen LogP contribution in [0.1, 0.15) is 43.0 Å². The number of nitrogens with zero attached hydrogens (tertiary/aromatic N) is 5. The van der Waals surface area contributed by atoms with Crippen molar-refractivity contribution in [2.75, 3.05) is 20.2 Å². The Morgan fingerprint density at radius 3 is 2.70 bits per heavy atom. The molecule has 2 saturated carbocycles. The number of ether oxygens (including phenoxy) is 1. The van der Waals surface area contributed by atoms with Crippen molar-refractivity contribution in [2.45, 2.75) is 57.8 Å². The van der Waals surface area contributed by atoms with E-state index < -0.39 is 0 Å². The van der Waals surface area contributed by atoms with Gasteiger partial charge in [-0.05, 0) is 67.9 Å². The number of piperidine rings is 1. The zero-order chi connectivity index (χ0) is 27.5. The van der Waals surface area contributed by atoms with E-state index in [1.807, 2.05) is 29.3 Å². The summed E-state index contributed by atoms with van der Waals surface area (Å²) in [6.07, 6.45) is 6.30. The van der Waals surface area contributed by atoms with Gasteiger partial charge in [-0.15, -0.1) is 0 Å². The van der Waals surface area contributed by atoms with Gasteiger partial charge in [-0.1, -0.05) is 0 Å². The molecule has 0 radical (unpaired) electrons. The summed E-state index contributed by atoms with van der Waals surface area (Å²) in [6.45, 7) is 4.03. The van der Waals surface area contributed by atoms with Crippen LogP contribution in [0.25, 0.3) is 33.6 Å². The number of nitrogens with one attached hydrogen (secondary N) is 1. The first kappa shape index (κ1) is 25.1. The van der Waals surface area contributed by atoms with E-state index in [-0.39, 0.29) is 23.9 Å². The van der Waals surface area contributed by atoms with Crippen molar-refractivity contribution >= 4 is 33.9 Å². The minimum atomic E-state index is -0.0871. The molecule has 4 aromatic rings. The fraction of sp³-hybridized carbons (Fsp3) is 0.467. The highest BCUT2D eigenvalue weighted by molar-refractivity contribution is 6.00. The van der Waals surface area contributed by atoms with E-state index in [4.69, 9.17) is 20.4 Å². The first-order chi connectivity index (χ1) is 19.4. The van der Waals surface area contributed by atoms with Crippen LogP contribution in [0, 0.1) is 11.8 Å². The molecule has 1 saturated heterocycles. The maximum Gasteiger partial charge on any atom is 0.254 e. The van der Waals surface area contributed by atoms with Gasteiger partial charge in [0.05, 0.1) is 18.3 Å². The standard InChI is InChI=1S/C30H35N7O3/c1-17(38)32-10-11-35-27-22(12-21(14-25(27)40-2)30(39)37-16-20-7-8-23(37)26(20)31)34-29(35)24-13-19-4-3-9-33-28(19)36(24)15-18-5-6-18/h3-4,9,12-14,18,20,23,26H,5-8,10-11,15-16,31H2,1-2H3,(H,32,38)/t20?,23?,26-/m1/s1. The minimum absolute atomic E-state index is 0.0238. The number of benzene rings is 1. The highest BCUT2D eigenvalue weighted by Crippen LogP contribution is 2.40. The lowest BCUT2D eigenvalue weighted by Gasteiger charge is -2.27. The van der Waals surface area contributed by atoms with Gasteiger partial charge in [-0.25, -0.2) is 9.97 Å². The number of aromatic nitrogens is 4. The summed E-state index contributed by atoms with van der Waals surface area (Å²) in [7, 11) is 1.62. The SMILES string of the molecule is COc1cc(C(=O)N2CC3CCC2[C@@H]3N)cc2nc(-c3cc4cccnc4n3CC3CC3)n(CCNC(C)=O)c12. The molecule has 2 unspecified atom stereocenters. The Bertz CT molecular complexity index is 1640. The molecule has 1 aromatic carbocycles. The molecule has 2 bridgehead atoms. The smallest absolute Gasteiger partial charge is 0.254 e. The Labute approximate surface area is 232 Å². The number of carbonyl (C=O) groups is 2. The summed E-state index contributed by atoms with van der Waals surface area (Å²) in [5, 5.41) is 3.97. The number of pyridine rings is 1. The number of methoxy groups -OCH3 is 1. The van der Waals surface area contributed by atoms with E-state index in [2.05, 4.69) is 26.6 Å². The lowest BCUT2D eigenvalue weighted by Crippen LogP contribution is -2.41. The molecule has 2 amide bonds. The van der Waals surface area contributed by atoms with Gasteiger partial charge in [0.2, 0.25) is 5.91 Å². The molecule has 10 nitrogen and oxygen atoms in total. The first-order valence-electron chi connectivity index (χ1n) is 14.3. The Hall–Kier alpha value is -3.92. The quantitative estimate of drug-likeness (QED) is 0.354. The molecule has 3 fully saturated rings. The summed E-state index contributed by atoms with van der Waals surface area (Å²) >= 11 is 0. The van der Waals surface area contributed by atoms with Crippen molar-refractivity contribution < 1.29 is 14.3 Å². The molecule has 0 spiro atoms. The number of hydrogen-bond donors (Lipinski definition) is 2. The van der Waals surface area contributed by atoms with Crippen molar-refractivity contribution in [3.8, 4) is 17.3 Å². The summed E-state index contributed by atoms with van der Waals surface area (Å²) in [4.78, 5) is 37.2. The maximum absolute atomic E-state index is 13.7. The third-order valence-corrected chi connectivity index (χ3v) is 8.92. The number of hydrogen-bond acceptors (Lipinski definition) is 6. The first-order valence-corrected chi connectivity index (χ1v) is 14.3. The van der Waals surface area contributed by atoms with Gasteiger partial charge in [0.25, 0.3) is 5.91 Å². The van der Waals surface area contributed by atoms with E-state index in [1.54, 1.807) is 7.11 Å². The van der Waals surface area contributed by atoms with Crippen LogP contribution in [0.4, 0.5) is 0 Å². The van der Waals surface area contributed by atoms with Gasteiger partial charge < -0.3 is 29.8 Å². The molecule has 1 aliphatic heterocycles. The van der Waals surface area contributed by atoms with E-state index >= 15 is 0 Å².